The van der Waals surface area contributed by atoms with Crippen molar-refractivity contribution in [2.45, 2.75) is 19.6 Å². The number of ether oxygens (including phenoxy) is 4. The minimum atomic E-state index is -0.672. The molecule has 0 fully saturated rings. The largest absolute Gasteiger partial charge is 0.497 e. The van der Waals surface area contributed by atoms with Crippen LogP contribution >= 0.6 is 11.6 Å². The van der Waals surface area contributed by atoms with Crippen molar-refractivity contribution < 1.29 is 28.1 Å². The number of amides is 1. The van der Waals surface area contributed by atoms with Crippen molar-refractivity contribution in [3.05, 3.63) is 94.2 Å². The fourth-order valence-corrected chi connectivity index (χ4v) is 4.81. The van der Waals surface area contributed by atoms with Gasteiger partial charge < -0.3 is 29.6 Å². The highest BCUT2D eigenvalue weighted by Crippen LogP contribution is 2.40. The van der Waals surface area contributed by atoms with Crippen molar-refractivity contribution >= 4 is 29.1 Å². The van der Waals surface area contributed by atoms with Gasteiger partial charge >= 0.3 is 0 Å². The number of benzene rings is 3. The van der Waals surface area contributed by atoms with Crippen LogP contribution < -0.4 is 29.6 Å². The highest BCUT2D eigenvalue weighted by molar-refractivity contribution is 6.31. The molecule has 2 N–H and O–H groups in total. The Labute approximate surface area is 240 Å². The van der Waals surface area contributed by atoms with Crippen LogP contribution in [-0.4, -0.2) is 42.0 Å². The molecule has 1 unspecified atom stereocenters. The predicted octanol–water partition coefficient (Wildman–Crippen LogP) is 5.60. The van der Waals surface area contributed by atoms with E-state index in [-0.39, 0.29) is 23.1 Å². The molecule has 0 aliphatic carbocycles. The van der Waals surface area contributed by atoms with Crippen LogP contribution in [0, 0.1) is 5.82 Å². The van der Waals surface area contributed by atoms with Gasteiger partial charge in [-0.15, -0.1) is 0 Å². The molecule has 1 aromatic heterocycles. The smallest absolute Gasteiger partial charge is 0.255 e. The normalized spacial score (nSPS) is 14.1. The molecule has 3 aromatic carbocycles. The zero-order chi connectivity index (χ0) is 29.1. The summed E-state index contributed by atoms with van der Waals surface area (Å²) in [6.45, 7) is 1.69. The molecule has 0 saturated heterocycles. The number of carbonyl (C=O) groups excluding carboxylic acids is 1. The van der Waals surface area contributed by atoms with Crippen molar-refractivity contribution in [2.75, 3.05) is 32.0 Å². The first-order valence-corrected chi connectivity index (χ1v) is 12.9. The Kier molecular flexibility index (Phi) is 7.97. The molecule has 0 spiro atoms. The van der Waals surface area contributed by atoms with Gasteiger partial charge in [0.2, 0.25) is 5.95 Å². The van der Waals surface area contributed by atoms with Gasteiger partial charge in [0.1, 0.15) is 36.3 Å². The Morgan fingerprint density at radius 2 is 1.83 bits per heavy atom. The van der Waals surface area contributed by atoms with E-state index in [0.29, 0.717) is 51.5 Å². The summed E-state index contributed by atoms with van der Waals surface area (Å²) in [5, 5.41) is 10.7. The minimum Gasteiger partial charge on any atom is -0.497 e. The second-order valence-electron chi connectivity index (χ2n) is 9.01. The standard InChI is InChI=1S/C29H27ClFN5O5/c1-16-26(28(37)35-22-13-18(38-2)9-11-23(22)39-3)27(36-29(34-16)32-15-33-36)17-8-10-24(25(12-17)40-4)41-14-19-20(30)6-5-7-21(19)31/h5-13,15,27H,14H2,1-4H3,(H,35,37)(H,32,33,34). The van der Waals surface area contributed by atoms with E-state index in [0.717, 1.165) is 0 Å². The Morgan fingerprint density at radius 3 is 2.56 bits per heavy atom. The lowest BCUT2D eigenvalue weighted by molar-refractivity contribution is -0.113. The lowest BCUT2D eigenvalue weighted by Gasteiger charge is -2.29. The number of methoxy groups -OCH3 is 3. The maximum Gasteiger partial charge on any atom is 0.255 e. The van der Waals surface area contributed by atoms with E-state index in [1.807, 2.05) is 0 Å². The summed E-state index contributed by atoms with van der Waals surface area (Å²) in [5.41, 5.74) is 2.32. The Bertz CT molecular complexity index is 1620. The van der Waals surface area contributed by atoms with Gasteiger partial charge in [0.25, 0.3) is 5.91 Å². The second-order valence-corrected chi connectivity index (χ2v) is 9.42. The maximum atomic E-state index is 14.3. The summed E-state index contributed by atoms with van der Waals surface area (Å²) in [6, 6.07) is 14.1. The zero-order valence-electron chi connectivity index (χ0n) is 22.7. The van der Waals surface area contributed by atoms with Crippen molar-refractivity contribution in [1.82, 2.24) is 14.8 Å². The molecule has 12 heteroatoms. The first-order valence-electron chi connectivity index (χ1n) is 12.5. The van der Waals surface area contributed by atoms with Gasteiger partial charge in [-0.2, -0.15) is 10.1 Å². The molecule has 10 nitrogen and oxygen atoms in total. The third-order valence-corrected chi connectivity index (χ3v) is 6.99. The molecule has 5 rings (SSSR count). The molecule has 41 heavy (non-hydrogen) atoms. The molecule has 0 bridgehead atoms. The Balaban J connectivity index is 1.49. The Hall–Kier alpha value is -4.77. The average Bonchev–Trinajstić information content (AvgIpc) is 3.44. The van der Waals surface area contributed by atoms with Crippen molar-refractivity contribution in [2.24, 2.45) is 0 Å². The minimum absolute atomic E-state index is 0.100. The van der Waals surface area contributed by atoms with Crippen molar-refractivity contribution in [3.8, 4) is 23.0 Å². The predicted molar refractivity (Wildman–Crippen MR) is 151 cm³/mol. The zero-order valence-corrected chi connectivity index (χ0v) is 23.5. The van der Waals surface area contributed by atoms with Gasteiger partial charge in [0, 0.05) is 17.3 Å². The van der Waals surface area contributed by atoms with Crippen LogP contribution in [0.3, 0.4) is 0 Å². The van der Waals surface area contributed by atoms with Crippen LogP contribution in [0.2, 0.25) is 5.02 Å². The quantitative estimate of drug-likeness (QED) is 0.264. The topological polar surface area (TPSA) is 109 Å². The summed E-state index contributed by atoms with van der Waals surface area (Å²) in [5.74, 6) is 1.39. The third-order valence-electron chi connectivity index (χ3n) is 6.63. The Morgan fingerprint density at radius 1 is 1.05 bits per heavy atom. The van der Waals surface area contributed by atoms with E-state index in [4.69, 9.17) is 30.5 Å². The molecule has 1 atom stereocenters. The number of carbonyl (C=O) groups is 1. The van der Waals surface area contributed by atoms with Gasteiger partial charge in [-0.25, -0.2) is 9.07 Å². The molecular formula is C29H27ClFN5O5. The average molecular weight is 580 g/mol. The van der Waals surface area contributed by atoms with Gasteiger partial charge in [-0.1, -0.05) is 23.7 Å². The number of hydrogen-bond donors (Lipinski definition) is 2. The number of fused-ring (bicyclic) bond motifs is 1. The fourth-order valence-electron chi connectivity index (χ4n) is 4.59. The van der Waals surface area contributed by atoms with Gasteiger partial charge in [-0.3, -0.25) is 4.79 Å². The first kappa shape index (κ1) is 27.8. The molecule has 212 valence electrons. The fraction of sp³-hybridized carbons (Fsp3) is 0.207. The third kappa shape index (κ3) is 5.48. The number of hydrogen-bond acceptors (Lipinski definition) is 8. The van der Waals surface area contributed by atoms with Gasteiger partial charge in [-0.05, 0) is 48.9 Å². The summed E-state index contributed by atoms with van der Waals surface area (Å²) < 4.78 is 38.1. The van der Waals surface area contributed by atoms with Gasteiger partial charge in [0.05, 0.1) is 37.6 Å². The summed E-state index contributed by atoms with van der Waals surface area (Å²) in [4.78, 5) is 18.1. The number of allylic oxidation sites excluding steroid dienone is 1. The lowest BCUT2D eigenvalue weighted by Crippen LogP contribution is -2.31. The van der Waals surface area contributed by atoms with E-state index in [1.165, 1.54) is 32.7 Å². The number of nitrogens with one attached hydrogen (secondary N) is 2. The number of halogens is 2. The van der Waals surface area contributed by atoms with Crippen LogP contribution in [0.1, 0.15) is 24.1 Å². The summed E-state index contributed by atoms with van der Waals surface area (Å²) >= 11 is 6.16. The van der Waals surface area contributed by atoms with E-state index < -0.39 is 11.9 Å². The van der Waals surface area contributed by atoms with E-state index >= 15 is 0 Å². The number of rotatable bonds is 9. The maximum absolute atomic E-state index is 14.3. The molecule has 2 heterocycles. The second kappa shape index (κ2) is 11.8. The van der Waals surface area contributed by atoms with E-state index in [9.17, 15) is 9.18 Å². The number of anilines is 2. The molecule has 0 saturated carbocycles. The monoisotopic (exact) mass is 579 g/mol. The highest BCUT2D eigenvalue weighted by Gasteiger charge is 2.34. The molecule has 4 aromatic rings. The molecule has 1 aliphatic heterocycles. The van der Waals surface area contributed by atoms with E-state index in [1.54, 1.807) is 61.2 Å². The summed E-state index contributed by atoms with van der Waals surface area (Å²) in [6.07, 6.45) is 1.40. The SMILES string of the molecule is COc1ccc(OC)c(NC(=O)C2=C(C)Nc3ncnn3C2c2ccc(OCc3c(F)cccc3Cl)c(OC)c2)c1. The van der Waals surface area contributed by atoms with Crippen LogP contribution in [0.5, 0.6) is 23.0 Å². The van der Waals surface area contributed by atoms with Crippen molar-refractivity contribution in [1.29, 1.82) is 0 Å². The lowest BCUT2D eigenvalue weighted by atomic mass is 9.94. The number of aromatic nitrogens is 3. The number of nitrogens with zero attached hydrogens (tertiary/aromatic N) is 3. The molecule has 0 radical (unpaired) electrons. The molecule has 1 amide bonds. The molecule has 1 aliphatic rings. The van der Waals surface area contributed by atoms with E-state index in [2.05, 4.69) is 20.7 Å². The van der Waals surface area contributed by atoms with Crippen molar-refractivity contribution in [3.63, 3.8) is 0 Å². The van der Waals surface area contributed by atoms with Crippen LogP contribution in [-0.2, 0) is 11.4 Å². The van der Waals surface area contributed by atoms with Crippen LogP contribution in [0.4, 0.5) is 16.0 Å². The van der Waals surface area contributed by atoms with Crippen LogP contribution in [0.15, 0.2) is 72.2 Å². The summed E-state index contributed by atoms with van der Waals surface area (Å²) in [7, 11) is 4.55. The molecular weight excluding hydrogens is 553 g/mol. The highest BCUT2D eigenvalue weighted by atomic mass is 35.5. The van der Waals surface area contributed by atoms with Crippen LogP contribution in [0.25, 0.3) is 0 Å². The van der Waals surface area contributed by atoms with Gasteiger partial charge in [0.15, 0.2) is 11.5 Å². The first-order chi connectivity index (χ1) is 19.8.